The lowest BCUT2D eigenvalue weighted by Crippen LogP contribution is -2.18. The van der Waals surface area contributed by atoms with Gasteiger partial charge in [0.2, 0.25) is 5.95 Å². The molecule has 0 amide bonds. The number of fused-ring (bicyclic) bond motifs is 1. The molecule has 0 aliphatic carbocycles. The van der Waals surface area contributed by atoms with Crippen LogP contribution in [0, 0.1) is 0 Å². The van der Waals surface area contributed by atoms with Gasteiger partial charge in [-0.25, -0.2) is 0 Å². The van der Waals surface area contributed by atoms with E-state index >= 15 is 0 Å². The topological polar surface area (TPSA) is 129 Å². The maximum absolute atomic E-state index is 11.8. The highest BCUT2D eigenvalue weighted by Gasteiger charge is 2.12. The van der Waals surface area contributed by atoms with Crippen LogP contribution in [0.5, 0.6) is 0 Å². The Morgan fingerprint density at radius 2 is 2.20 bits per heavy atom. The molecule has 0 unspecified atom stereocenters. The highest BCUT2D eigenvalue weighted by atomic mass is 32.1. The van der Waals surface area contributed by atoms with Crippen molar-refractivity contribution in [2.24, 2.45) is 0 Å². The predicted molar refractivity (Wildman–Crippen MR) is 71.5 cm³/mol. The van der Waals surface area contributed by atoms with Crippen LogP contribution >= 0.6 is 11.3 Å². The van der Waals surface area contributed by atoms with Crippen LogP contribution in [-0.4, -0.2) is 33.7 Å². The fourth-order valence-electron chi connectivity index (χ4n) is 1.49. The van der Waals surface area contributed by atoms with Crippen LogP contribution in [0.15, 0.2) is 9.59 Å². The first-order chi connectivity index (χ1) is 9.49. The molecule has 108 valence electrons. The van der Waals surface area contributed by atoms with Crippen LogP contribution in [0.25, 0.3) is 10.3 Å². The minimum atomic E-state index is -0.465. The molecule has 20 heavy (non-hydrogen) atoms. The monoisotopic (exact) mass is 300 g/mol. The van der Waals surface area contributed by atoms with Crippen molar-refractivity contribution in [3.63, 3.8) is 0 Å². The zero-order chi connectivity index (χ0) is 14.7. The van der Waals surface area contributed by atoms with Crippen LogP contribution < -0.4 is 16.2 Å². The second-order valence-electron chi connectivity index (χ2n) is 3.78. The van der Waals surface area contributed by atoms with Crippen LogP contribution in [0.2, 0.25) is 0 Å². The molecule has 0 bridgehead atoms. The summed E-state index contributed by atoms with van der Waals surface area (Å²) in [5, 5.41) is 0. The van der Waals surface area contributed by atoms with Gasteiger partial charge in [0.1, 0.15) is 18.0 Å². The SMILES string of the molecule is CC(=O)OCCOCn1c(=O)sc2c(=O)[nH]c(N)nc21. The second-order valence-corrected chi connectivity index (χ2v) is 4.74. The highest BCUT2D eigenvalue weighted by molar-refractivity contribution is 7.16. The molecule has 0 radical (unpaired) electrons. The van der Waals surface area contributed by atoms with Crippen LogP contribution in [-0.2, 0) is 21.0 Å². The Morgan fingerprint density at radius 3 is 2.90 bits per heavy atom. The first kappa shape index (κ1) is 14.2. The number of nitrogen functional groups attached to an aromatic ring is 1. The number of carbonyl (C=O) groups excluding carboxylic acids is 1. The maximum atomic E-state index is 11.8. The van der Waals surface area contributed by atoms with Gasteiger partial charge in [-0.15, -0.1) is 0 Å². The standard InChI is InChI=1S/C10H12N4O5S/c1-5(15)19-3-2-18-4-14-7-6(20-10(14)17)8(16)13-9(11)12-7/h2-4H2,1H3,(H3,11,12,13,16). The summed E-state index contributed by atoms with van der Waals surface area (Å²) in [4.78, 5) is 39.8. The van der Waals surface area contributed by atoms with Crippen LogP contribution in [0.4, 0.5) is 5.95 Å². The van der Waals surface area contributed by atoms with Crippen molar-refractivity contribution in [3.8, 4) is 0 Å². The summed E-state index contributed by atoms with van der Waals surface area (Å²) in [6.45, 7) is 1.40. The van der Waals surface area contributed by atoms with Crippen molar-refractivity contribution in [1.29, 1.82) is 0 Å². The second kappa shape index (κ2) is 5.84. The summed E-state index contributed by atoms with van der Waals surface area (Å²) < 4.78 is 11.3. The molecule has 0 aliphatic rings. The minimum absolute atomic E-state index is 0.0750. The molecule has 0 fully saturated rings. The van der Waals surface area contributed by atoms with Gasteiger partial charge in [-0.2, -0.15) is 4.98 Å². The van der Waals surface area contributed by atoms with Gasteiger partial charge in [0.25, 0.3) is 5.56 Å². The lowest BCUT2D eigenvalue weighted by molar-refractivity contribution is -0.142. The molecule has 0 saturated heterocycles. The van der Waals surface area contributed by atoms with E-state index in [2.05, 4.69) is 14.7 Å². The van der Waals surface area contributed by atoms with Gasteiger partial charge in [0, 0.05) is 6.92 Å². The number of aromatic nitrogens is 3. The number of hydrogen-bond acceptors (Lipinski definition) is 8. The molecular formula is C10H12N4O5S. The van der Waals surface area contributed by atoms with Crippen LogP contribution in [0.3, 0.4) is 0 Å². The average Bonchev–Trinajstić information content (AvgIpc) is 2.66. The summed E-state index contributed by atoms with van der Waals surface area (Å²) in [7, 11) is 0. The van der Waals surface area contributed by atoms with Crippen molar-refractivity contribution in [3.05, 3.63) is 20.0 Å². The number of aromatic amines is 1. The third-order valence-corrected chi connectivity index (χ3v) is 3.26. The van der Waals surface area contributed by atoms with E-state index in [9.17, 15) is 14.4 Å². The predicted octanol–water partition coefficient (Wildman–Crippen LogP) is -0.734. The number of esters is 1. The Balaban J connectivity index is 2.14. The van der Waals surface area contributed by atoms with Gasteiger partial charge in [0.15, 0.2) is 5.65 Å². The molecule has 2 heterocycles. The minimum Gasteiger partial charge on any atom is -0.463 e. The van der Waals surface area contributed by atoms with Gasteiger partial charge < -0.3 is 15.2 Å². The summed E-state index contributed by atoms with van der Waals surface area (Å²) in [5.41, 5.74) is 5.15. The average molecular weight is 300 g/mol. The number of thiazole rings is 1. The van der Waals surface area contributed by atoms with Gasteiger partial charge in [0.05, 0.1) is 6.61 Å². The quantitative estimate of drug-likeness (QED) is 0.549. The smallest absolute Gasteiger partial charge is 0.311 e. The maximum Gasteiger partial charge on any atom is 0.311 e. The summed E-state index contributed by atoms with van der Waals surface area (Å²) >= 11 is 0.763. The summed E-state index contributed by atoms with van der Waals surface area (Å²) in [6, 6.07) is 0. The lowest BCUT2D eigenvalue weighted by atomic mass is 10.6. The molecule has 2 aromatic heterocycles. The number of anilines is 1. The molecule has 0 aromatic carbocycles. The third-order valence-electron chi connectivity index (χ3n) is 2.30. The van der Waals surface area contributed by atoms with Gasteiger partial charge in [-0.05, 0) is 0 Å². The van der Waals surface area contributed by atoms with E-state index in [1.54, 1.807) is 0 Å². The first-order valence-electron chi connectivity index (χ1n) is 5.59. The molecule has 10 heteroatoms. The van der Waals surface area contributed by atoms with Gasteiger partial charge >= 0.3 is 10.8 Å². The lowest BCUT2D eigenvalue weighted by Gasteiger charge is -2.05. The van der Waals surface area contributed by atoms with Gasteiger partial charge in [-0.1, -0.05) is 11.3 Å². The molecule has 2 rings (SSSR count). The molecule has 0 aliphatic heterocycles. The van der Waals surface area contributed by atoms with Crippen molar-refractivity contribution in [1.82, 2.24) is 14.5 Å². The number of nitrogens with two attached hydrogens (primary N) is 1. The summed E-state index contributed by atoms with van der Waals surface area (Å²) in [6.07, 6.45) is 0. The molecule has 0 saturated carbocycles. The first-order valence-corrected chi connectivity index (χ1v) is 6.41. The Bertz CT molecular complexity index is 746. The van der Waals surface area contributed by atoms with Crippen molar-refractivity contribution >= 4 is 33.6 Å². The number of H-pyrrole nitrogens is 1. The largest absolute Gasteiger partial charge is 0.463 e. The Hall–Kier alpha value is -2.20. The number of nitrogens with zero attached hydrogens (tertiary/aromatic N) is 2. The van der Waals surface area contributed by atoms with E-state index in [4.69, 9.17) is 10.5 Å². The molecule has 0 spiro atoms. The fourth-order valence-corrected chi connectivity index (χ4v) is 2.30. The van der Waals surface area contributed by atoms with Crippen molar-refractivity contribution < 1.29 is 14.3 Å². The van der Waals surface area contributed by atoms with E-state index in [0.29, 0.717) is 0 Å². The van der Waals surface area contributed by atoms with Crippen molar-refractivity contribution in [2.45, 2.75) is 13.7 Å². The molecule has 9 nitrogen and oxygen atoms in total. The molecule has 3 N–H and O–H groups in total. The number of carbonyl (C=O) groups is 1. The number of ether oxygens (including phenoxy) is 2. The van der Waals surface area contributed by atoms with E-state index in [1.165, 1.54) is 11.5 Å². The van der Waals surface area contributed by atoms with E-state index < -0.39 is 11.5 Å². The van der Waals surface area contributed by atoms with Crippen molar-refractivity contribution in [2.75, 3.05) is 18.9 Å². The number of hydrogen-bond donors (Lipinski definition) is 2. The fraction of sp³-hybridized carbons (Fsp3) is 0.400. The number of rotatable bonds is 5. The normalized spacial score (nSPS) is 10.8. The molecule has 2 aromatic rings. The Kier molecular flexibility index (Phi) is 4.15. The molecule has 0 atom stereocenters. The van der Waals surface area contributed by atoms with E-state index in [-0.39, 0.29) is 41.1 Å². The highest BCUT2D eigenvalue weighted by Crippen LogP contribution is 2.10. The third kappa shape index (κ3) is 3.03. The van der Waals surface area contributed by atoms with Gasteiger partial charge in [-0.3, -0.25) is 23.9 Å². The van der Waals surface area contributed by atoms with E-state index in [1.807, 2.05) is 0 Å². The van der Waals surface area contributed by atoms with E-state index in [0.717, 1.165) is 11.3 Å². The zero-order valence-electron chi connectivity index (χ0n) is 10.5. The van der Waals surface area contributed by atoms with Crippen LogP contribution in [0.1, 0.15) is 6.92 Å². The zero-order valence-corrected chi connectivity index (χ0v) is 11.4. The number of nitrogens with one attached hydrogen (secondary N) is 1. The summed E-state index contributed by atoms with van der Waals surface area (Å²) in [5.74, 6) is -0.485. The molecular weight excluding hydrogens is 288 g/mol. The Labute approximate surface area is 115 Å². The Morgan fingerprint density at radius 1 is 1.45 bits per heavy atom.